The molecule has 2 aliphatic rings. The first-order valence-electron chi connectivity index (χ1n) is 10.4. The third-order valence-corrected chi connectivity index (χ3v) is 5.83. The SMILES string of the molecule is COc1ccc(C(=O)[C@@H]2[C@H]3/C(=C/c4ccccc4)C=C[C@H]3ON2c2ccccc2)cc1. The number of hydrogen-bond donors (Lipinski definition) is 0. The monoisotopic (exact) mass is 409 g/mol. The van der Waals surface area contributed by atoms with Crippen LogP contribution >= 0.6 is 0 Å². The highest BCUT2D eigenvalue weighted by Gasteiger charge is 2.50. The van der Waals surface area contributed by atoms with E-state index in [1.54, 1.807) is 12.2 Å². The van der Waals surface area contributed by atoms with Crippen LogP contribution in [0.3, 0.4) is 0 Å². The van der Waals surface area contributed by atoms with E-state index in [1.807, 2.05) is 72.8 Å². The van der Waals surface area contributed by atoms with Gasteiger partial charge in [-0.2, -0.15) is 0 Å². The Hall–Kier alpha value is -3.63. The van der Waals surface area contributed by atoms with Gasteiger partial charge in [0, 0.05) is 11.5 Å². The van der Waals surface area contributed by atoms with Crippen LogP contribution in [0.5, 0.6) is 5.75 Å². The van der Waals surface area contributed by atoms with E-state index >= 15 is 0 Å². The zero-order valence-electron chi connectivity index (χ0n) is 17.2. The standard InChI is InChI=1S/C27H23NO3/c1-30-23-15-12-20(13-16-23)27(29)26-25-21(18-19-8-4-2-5-9-19)14-17-24(25)31-28(26)22-10-6-3-7-11-22/h2-18,24-26H,1H3/b21-18+/t24-,25+,26+/m1/s1. The van der Waals surface area contributed by atoms with Crippen LogP contribution in [-0.4, -0.2) is 25.0 Å². The second kappa shape index (κ2) is 8.25. The molecule has 0 N–H and O–H groups in total. The molecule has 1 heterocycles. The van der Waals surface area contributed by atoms with E-state index in [0.717, 1.165) is 22.6 Å². The van der Waals surface area contributed by atoms with Gasteiger partial charge in [-0.05, 0) is 47.5 Å². The number of benzene rings is 3. The Morgan fingerprint density at radius 1 is 0.935 bits per heavy atom. The minimum Gasteiger partial charge on any atom is -0.497 e. The number of para-hydroxylation sites is 1. The molecule has 31 heavy (non-hydrogen) atoms. The molecule has 1 aliphatic carbocycles. The number of carbonyl (C=O) groups is 1. The lowest BCUT2D eigenvalue weighted by Crippen LogP contribution is -2.40. The molecule has 4 nitrogen and oxygen atoms in total. The van der Waals surface area contributed by atoms with Crippen molar-refractivity contribution in [1.82, 2.24) is 0 Å². The fourth-order valence-electron chi connectivity index (χ4n) is 4.31. The largest absolute Gasteiger partial charge is 0.497 e. The lowest BCUT2D eigenvalue weighted by atomic mass is 9.86. The van der Waals surface area contributed by atoms with Gasteiger partial charge < -0.3 is 4.74 Å². The number of rotatable bonds is 5. The molecule has 3 atom stereocenters. The zero-order chi connectivity index (χ0) is 21.2. The van der Waals surface area contributed by atoms with E-state index in [2.05, 4.69) is 30.4 Å². The number of carbonyl (C=O) groups excluding carboxylic acids is 1. The molecule has 154 valence electrons. The Bertz CT molecular complexity index is 1120. The highest BCUT2D eigenvalue weighted by molar-refractivity contribution is 6.03. The van der Waals surface area contributed by atoms with Crippen molar-refractivity contribution in [2.45, 2.75) is 12.1 Å². The Labute approximate surface area is 182 Å². The summed E-state index contributed by atoms with van der Waals surface area (Å²) in [6.07, 6.45) is 6.10. The molecule has 1 saturated heterocycles. The number of allylic oxidation sites excluding steroid dienone is 1. The summed E-state index contributed by atoms with van der Waals surface area (Å²) in [5, 5.41) is 1.78. The zero-order valence-corrected chi connectivity index (χ0v) is 17.2. The van der Waals surface area contributed by atoms with Crippen LogP contribution in [0.25, 0.3) is 6.08 Å². The van der Waals surface area contributed by atoms with Crippen LogP contribution in [-0.2, 0) is 4.84 Å². The van der Waals surface area contributed by atoms with Gasteiger partial charge in [-0.3, -0.25) is 9.63 Å². The van der Waals surface area contributed by atoms with Crippen molar-refractivity contribution in [3.8, 4) is 5.75 Å². The maximum atomic E-state index is 13.8. The molecule has 5 rings (SSSR count). The first kappa shape index (κ1) is 19.3. The summed E-state index contributed by atoms with van der Waals surface area (Å²) in [7, 11) is 1.62. The summed E-state index contributed by atoms with van der Waals surface area (Å²) in [6.45, 7) is 0. The first-order valence-corrected chi connectivity index (χ1v) is 10.4. The predicted octanol–water partition coefficient (Wildman–Crippen LogP) is 5.34. The number of hydrogen-bond acceptors (Lipinski definition) is 4. The topological polar surface area (TPSA) is 38.8 Å². The van der Waals surface area contributed by atoms with Crippen molar-refractivity contribution in [2.24, 2.45) is 5.92 Å². The lowest BCUT2D eigenvalue weighted by molar-refractivity contribution is 0.0885. The number of ketones is 1. The van der Waals surface area contributed by atoms with E-state index in [1.165, 1.54) is 0 Å². The molecule has 3 aromatic rings. The number of ether oxygens (including phenoxy) is 1. The Morgan fingerprint density at radius 2 is 1.61 bits per heavy atom. The second-order valence-electron chi connectivity index (χ2n) is 7.71. The molecule has 3 aromatic carbocycles. The average Bonchev–Trinajstić information content (AvgIpc) is 3.40. The number of anilines is 1. The van der Waals surface area contributed by atoms with E-state index in [-0.39, 0.29) is 17.8 Å². The number of hydroxylamine groups is 1. The normalized spacial score (nSPS) is 23.2. The summed E-state index contributed by atoms with van der Waals surface area (Å²) in [5.41, 5.74) is 3.72. The third-order valence-electron chi connectivity index (χ3n) is 5.83. The van der Waals surface area contributed by atoms with Crippen molar-refractivity contribution in [2.75, 3.05) is 12.2 Å². The van der Waals surface area contributed by atoms with Gasteiger partial charge in [-0.15, -0.1) is 0 Å². The van der Waals surface area contributed by atoms with Crippen molar-refractivity contribution >= 4 is 17.5 Å². The minimum atomic E-state index is -0.467. The van der Waals surface area contributed by atoms with Gasteiger partial charge in [0.15, 0.2) is 5.78 Å². The van der Waals surface area contributed by atoms with Crippen molar-refractivity contribution < 1.29 is 14.4 Å². The van der Waals surface area contributed by atoms with Crippen LogP contribution in [0, 0.1) is 5.92 Å². The smallest absolute Gasteiger partial charge is 0.188 e. The van der Waals surface area contributed by atoms with Gasteiger partial charge >= 0.3 is 0 Å². The molecule has 0 bridgehead atoms. The summed E-state index contributed by atoms with van der Waals surface area (Å²) >= 11 is 0. The van der Waals surface area contributed by atoms with Crippen molar-refractivity contribution in [3.05, 3.63) is 114 Å². The van der Waals surface area contributed by atoms with Crippen LogP contribution in [0.4, 0.5) is 5.69 Å². The Balaban J connectivity index is 1.55. The van der Waals surface area contributed by atoms with Gasteiger partial charge in [0.2, 0.25) is 0 Å². The van der Waals surface area contributed by atoms with E-state index in [4.69, 9.17) is 9.57 Å². The van der Waals surface area contributed by atoms with Crippen LogP contribution < -0.4 is 9.80 Å². The Morgan fingerprint density at radius 3 is 2.29 bits per heavy atom. The lowest BCUT2D eigenvalue weighted by Gasteiger charge is -2.26. The molecule has 0 aromatic heterocycles. The molecule has 1 aliphatic heterocycles. The van der Waals surface area contributed by atoms with Gasteiger partial charge in [0.25, 0.3) is 0 Å². The van der Waals surface area contributed by atoms with E-state index in [0.29, 0.717) is 5.56 Å². The van der Waals surface area contributed by atoms with Gasteiger partial charge in [-0.1, -0.05) is 66.8 Å². The quantitative estimate of drug-likeness (QED) is 0.534. The molecule has 0 radical (unpaired) electrons. The molecule has 0 unspecified atom stereocenters. The highest BCUT2D eigenvalue weighted by Crippen LogP contribution is 2.43. The highest BCUT2D eigenvalue weighted by atomic mass is 16.7. The molecular weight excluding hydrogens is 386 g/mol. The van der Waals surface area contributed by atoms with Crippen LogP contribution in [0.1, 0.15) is 15.9 Å². The van der Waals surface area contributed by atoms with Crippen LogP contribution in [0.15, 0.2) is 103 Å². The van der Waals surface area contributed by atoms with Gasteiger partial charge in [0.1, 0.15) is 17.9 Å². The average molecular weight is 409 g/mol. The summed E-state index contributed by atoms with van der Waals surface area (Å²) in [4.78, 5) is 20.1. The molecule has 4 heteroatoms. The molecule has 1 fully saturated rings. The fourth-order valence-corrected chi connectivity index (χ4v) is 4.31. The first-order chi connectivity index (χ1) is 15.2. The number of methoxy groups -OCH3 is 1. The van der Waals surface area contributed by atoms with Gasteiger partial charge in [-0.25, -0.2) is 5.06 Å². The summed E-state index contributed by atoms with van der Waals surface area (Å²) < 4.78 is 5.25. The maximum absolute atomic E-state index is 13.8. The van der Waals surface area contributed by atoms with Crippen molar-refractivity contribution in [1.29, 1.82) is 0 Å². The fraction of sp³-hybridized carbons (Fsp3) is 0.148. The predicted molar refractivity (Wildman–Crippen MR) is 122 cm³/mol. The Kier molecular flexibility index (Phi) is 5.14. The van der Waals surface area contributed by atoms with E-state index < -0.39 is 6.04 Å². The summed E-state index contributed by atoms with van der Waals surface area (Å²) in [5.74, 6) is 0.667. The third kappa shape index (κ3) is 3.66. The summed E-state index contributed by atoms with van der Waals surface area (Å²) in [6, 6.07) is 26.8. The maximum Gasteiger partial charge on any atom is 0.188 e. The van der Waals surface area contributed by atoms with Gasteiger partial charge in [0.05, 0.1) is 12.8 Å². The number of nitrogens with zero attached hydrogens (tertiary/aromatic N) is 1. The molecule has 0 spiro atoms. The molecule has 0 amide bonds. The number of fused-ring (bicyclic) bond motifs is 1. The minimum absolute atomic E-state index is 0.0293. The second-order valence-corrected chi connectivity index (χ2v) is 7.71. The molecule has 0 saturated carbocycles. The van der Waals surface area contributed by atoms with Crippen LogP contribution in [0.2, 0.25) is 0 Å². The number of Topliss-reactive ketones (excluding diaryl/α,β-unsaturated/α-hetero) is 1. The van der Waals surface area contributed by atoms with E-state index in [9.17, 15) is 4.79 Å². The van der Waals surface area contributed by atoms with Crippen molar-refractivity contribution in [3.63, 3.8) is 0 Å². The molecular formula is C27H23NO3.